The highest BCUT2D eigenvalue weighted by molar-refractivity contribution is 6.39. The van der Waals surface area contributed by atoms with E-state index in [1.54, 1.807) is 0 Å². The number of carbonyl (C=O) groups excluding carboxylic acids is 3. The van der Waals surface area contributed by atoms with Crippen LogP contribution < -0.4 is 19.7 Å². The van der Waals surface area contributed by atoms with Crippen molar-refractivity contribution in [2.45, 2.75) is 0 Å². The molecule has 11 heteroatoms. The topological polar surface area (TPSA) is 148 Å². The van der Waals surface area contributed by atoms with Gasteiger partial charge in [0.15, 0.2) is 11.5 Å². The molecule has 30 heavy (non-hydrogen) atoms. The average molecular weight is 413 g/mol. The number of nitrogens with zero attached hydrogens (tertiary/aromatic N) is 2. The van der Waals surface area contributed by atoms with Crippen molar-refractivity contribution >= 4 is 35.3 Å². The third-order valence-electron chi connectivity index (χ3n) is 4.25. The zero-order valence-corrected chi connectivity index (χ0v) is 15.7. The van der Waals surface area contributed by atoms with E-state index in [2.05, 4.69) is 0 Å². The first-order chi connectivity index (χ1) is 14.3. The summed E-state index contributed by atoms with van der Waals surface area (Å²) in [5, 5.41) is 23.4. The van der Waals surface area contributed by atoms with Gasteiger partial charge >= 0.3 is 6.03 Å². The molecule has 4 amide bonds. The van der Waals surface area contributed by atoms with Gasteiger partial charge in [-0.15, -0.1) is 0 Å². The lowest BCUT2D eigenvalue weighted by Gasteiger charge is -2.26. The summed E-state index contributed by atoms with van der Waals surface area (Å²) in [6, 6.07) is 6.93. The number of rotatable bonds is 5. The van der Waals surface area contributed by atoms with Crippen LogP contribution in [-0.4, -0.2) is 42.1 Å². The number of nitro groups is 1. The van der Waals surface area contributed by atoms with Crippen LogP contribution in [0.25, 0.3) is 6.08 Å². The molecule has 0 unspecified atom stereocenters. The minimum Gasteiger partial charge on any atom is -0.504 e. The predicted octanol–water partition coefficient (Wildman–Crippen LogP) is 1.98. The fraction of sp³-hybridized carbons (Fsp3) is 0.105. The molecule has 2 aromatic rings. The minimum absolute atomic E-state index is 0.164. The van der Waals surface area contributed by atoms with Gasteiger partial charge in [0.25, 0.3) is 17.5 Å². The zero-order valence-electron chi connectivity index (χ0n) is 15.7. The van der Waals surface area contributed by atoms with E-state index in [0.29, 0.717) is 5.75 Å². The van der Waals surface area contributed by atoms with E-state index in [0.717, 1.165) is 23.1 Å². The molecule has 11 nitrogen and oxygen atoms in total. The maximum Gasteiger partial charge on any atom is 0.335 e. The highest BCUT2D eigenvalue weighted by atomic mass is 16.6. The van der Waals surface area contributed by atoms with Crippen LogP contribution >= 0.6 is 0 Å². The molecule has 1 saturated heterocycles. The molecule has 0 aromatic heterocycles. The molecule has 2 aromatic carbocycles. The van der Waals surface area contributed by atoms with Crippen LogP contribution in [0.5, 0.6) is 17.2 Å². The van der Waals surface area contributed by atoms with Crippen molar-refractivity contribution in [2.75, 3.05) is 19.1 Å². The number of urea groups is 1. The summed E-state index contributed by atoms with van der Waals surface area (Å²) in [7, 11) is 2.64. The predicted molar refractivity (Wildman–Crippen MR) is 103 cm³/mol. The summed E-state index contributed by atoms with van der Waals surface area (Å²) in [6.07, 6.45) is 0.950. The van der Waals surface area contributed by atoms with Crippen molar-refractivity contribution in [2.24, 2.45) is 0 Å². The van der Waals surface area contributed by atoms with E-state index in [1.165, 1.54) is 38.5 Å². The van der Waals surface area contributed by atoms with Crippen LogP contribution in [-0.2, 0) is 9.59 Å². The zero-order chi connectivity index (χ0) is 22.0. The molecule has 154 valence electrons. The Morgan fingerprint density at radius 2 is 1.77 bits per heavy atom. The molecule has 2 N–H and O–H groups in total. The Balaban J connectivity index is 2.08. The number of methoxy groups -OCH3 is 2. The van der Waals surface area contributed by atoms with E-state index in [-0.39, 0.29) is 17.0 Å². The smallest absolute Gasteiger partial charge is 0.335 e. The number of aromatic hydroxyl groups is 1. The highest BCUT2D eigenvalue weighted by Gasteiger charge is 2.37. The molecule has 0 aliphatic carbocycles. The van der Waals surface area contributed by atoms with E-state index in [4.69, 9.17) is 9.47 Å². The number of ether oxygens (including phenoxy) is 2. The van der Waals surface area contributed by atoms with Gasteiger partial charge in [-0.05, 0) is 30.3 Å². The molecule has 1 heterocycles. The third kappa shape index (κ3) is 3.63. The quantitative estimate of drug-likeness (QED) is 0.327. The fourth-order valence-corrected chi connectivity index (χ4v) is 2.76. The Morgan fingerprint density at radius 3 is 2.33 bits per heavy atom. The molecule has 0 saturated carbocycles. The van der Waals surface area contributed by atoms with Gasteiger partial charge in [0.05, 0.1) is 30.9 Å². The highest BCUT2D eigenvalue weighted by Crippen LogP contribution is 2.36. The Bertz CT molecular complexity index is 1090. The second-order valence-electron chi connectivity index (χ2n) is 6.00. The summed E-state index contributed by atoms with van der Waals surface area (Å²) < 4.78 is 9.93. The second kappa shape index (κ2) is 7.91. The van der Waals surface area contributed by atoms with Crippen LogP contribution in [0.1, 0.15) is 5.56 Å². The van der Waals surface area contributed by atoms with Crippen LogP contribution in [0, 0.1) is 10.1 Å². The first-order valence-electron chi connectivity index (χ1n) is 8.37. The Kier molecular flexibility index (Phi) is 5.36. The largest absolute Gasteiger partial charge is 0.504 e. The maximum atomic E-state index is 12.9. The number of non-ortho nitro benzene ring substituents is 1. The number of imide groups is 2. The molecule has 3 rings (SSSR count). The SMILES string of the molecule is COc1ccc(N2C(=O)NC(=O)/C(=C/c3cc([N+](=O)[O-])cc(OC)c3O)C2=O)cc1. The van der Waals surface area contributed by atoms with Gasteiger partial charge in [-0.25, -0.2) is 9.69 Å². The lowest BCUT2D eigenvalue weighted by Crippen LogP contribution is -2.54. The van der Waals surface area contributed by atoms with Gasteiger partial charge in [0, 0.05) is 11.6 Å². The van der Waals surface area contributed by atoms with Gasteiger partial charge in [-0.3, -0.25) is 25.0 Å². The Morgan fingerprint density at radius 1 is 1.10 bits per heavy atom. The van der Waals surface area contributed by atoms with Crippen molar-refractivity contribution in [1.29, 1.82) is 0 Å². The fourth-order valence-electron chi connectivity index (χ4n) is 2.76. The monoisotopic (exact) mass is 413 g/mol. The van der Waals surface area contributed by atoms with Crippen LogP contribution in [0.3, 0.4) is 0 Å². The maximum absolute atomic E-state index is 12.9. The van der Waals surface area contributed by atoms with Crippen molar-refractivity contribution in [3.8, 4) is 17.2 Å². The van der Waals surface area contributed by atoms with Crippen molar-refractivity contribution in [1.82, 2.24) is 5.32 Å². The number of amides is 4. The molecular formula is C19H15N3O8. The second-order valence-corrected chi connectivity index (χ2v) is 6.00. The number of hydrogen-bond donors (Lipinski definition) is 2. The molecule has 0 atom stereocenters. The summed E-state index contributed by atoms with van der Waals surface area (Å²) in [5.74, 6) is -2.23. The molecule has 1 aliphatic rings. The summed E-state index contributed by atoms with van der Waals surface area (Å²) in [6.45, 7) is 0. The molecular weight excluding hydrogens is 398 g/mol. The molecule has 0 radical (unpaired) electrons. The van der Waals surface area contributed by atoms with Crippen LogP contribution in [0.2, 0.25) is 0 Å². The number of barbiturate groups is 1. The number of phenolic OH excluding ortho intramolecular Hbond substituents is 1. The van der Waals surface area contributed by atoms with Gasteiger partial charge in [-0.2, -0.15) is 0 Å². The van der Waals surface area contributed by atoms with Crippen LogP contribution in [0.4, 0.5) is 16.2 Å². The molecule has 1 aliphatic heterocycles. The van der Waals surface area contributed by atoms with Crippen molar-refractivity contribution in [3.63, 3.8) is 0 Å². The van der Waals surface area contributed by atoms with Gasteiger partial charge in [0.2, 0.25) is 0 Å². The number of carbonyl (C=O) groups is 3. The summed E-state index contributed by atoms with van der Waals surface area (Å²) >= 11 is 0. The van der Waals surface area contributed by atoms with Crippen LogP contribution in [0.15, 0.2) is 42.0 Å². The number of nitrogens with one attached hydrogen (secondary N) is 1. The van der Waals surface area contributed by atoms with E-state index >= 15 is 0 Å². The number of anilines is 1. The first kappa shape index (κ1) is 20.3. The normalized spacial score (nSPS) is 15.2. The summed E-state index contributed by atoms with van der Waals surface area (Å²) in [5.41, 5.74) is -0.979. The number of benzene rings is 2. The van der Waals surface area contributed by atoms with E-state index < -0.39 is 39.8 Å². The molecule has 0 spiro atoms. The van der Waals surface area contributed by atoms with E-state index in [1.807, 2.05) is 5.32 Å². The minimum atomic E-state index is -1.01. The first-order valence-corrected chi connectivity index (χ1v) is 8.37. The van der Waals surface area contributed by atoms with Gasteiger partial charge in [-0.1, -0.05) is 0 Å². The average Bonchev–Trinajstić information content (AvgIpc) is 2.72. The third-order valence-corrected chi connectivity index (χ3v) is 4.25. The van der Waals surface area contributed by atoms with Crippen molar-refractivity contribution in [3.05, 3.63) is 57.6 Å². The summed E-state index contributed by atoms with van der Waals surface area (Å²) in [4.78, 5) is 48.5. The number of nitro benzene ring substituents is 1. The lowest BCUT2D eigenvalue weighted by atomic mass is 10.0. The Hall–Kier alpha value is -4.41. The molecule has 1 fully saturated rings. The van der Waals surface area contributed by atoms with Crippen molar-refractivity contribution < 1.29 is 33.9 Å². The lowest BCUT2D eigenvalue weighted by molar-refractivity contribution is -0.385. The Labute approximate surface area is 169 Å². The molecule has 0 bridgehead atoms. The van der Waals surface area contributed by atoms with Gasteiger partial charge < -0.3 is 14.6 Å². The van der Waals surface area contributed by atoms with E-state index in [9.17, 15) is 29.6 Å². The number of phenols is 1. The standard InChI is InChI=1S/C19H15N3O8/c1-29-13-5-3-11(4-6-13)21-18(25)14(17(24)20-19(21)26)8-10-7-12(22(27)28)9-15(30-2)16(10)23/h3-9,23H,1-2H3,(H,20,24,26)/b14-8-. The van der Waals surface area contributed by atoms with Gasteiger partial charge in [0.1, 0.15) is 11.3 Å². The number of hydrogen-bond acceptors (Lipinski definition) is 8.